The van der Waals surface area contributed by atoms with E-state index in [4.69, 9.17) is 23.0 Å². The molecule has 0 atom stereocenters. The lowest BCUT2D eigenvalue weighted by molar-refractivity contribution is 0.173. The summed E-state index contributed by atoms with van der Waals surface area (Å²) in [7, 11) is 0. The standard InChI is InChI=1S/C15H12N2O5/c1-9-16-17-15(21-9)13-5-3-11(22-13)7-18-10-2-4-12-14(6-10)20-8-19-12/h2-6H,7-8H2,1H3. The van der Waals surface area contributed by atoms with Crippen molar-refractivity contribution in [2.24, 2.45) is 0 Å². The number of rotatable bonds is 4. The maximum atomic E-state index is 5.68. The molecule has 1 aromatic carbocycles. The Kier molecular flexibility index (Phi) is 2.96. The first kappa shape index (κ1) is 12.8. The molecular weight excluding hydrogens is 288 g/mol. The van der Waals surface area contributed by atoms with Gasteiger partial charge in [0.15, 0.2) is 17.3 Å². The van der Waals surface area contributed by atoms with Gasteiger partial charge in [0.2, 0.25) is 12.7 Å². The zero-order valence-corrected chi connectivity index (χ0v) is 11.7. The zero-order chi connectivity index (χ0) is 14.9. The van der Waals surface area contributed by atoms with Crippen LogP contribution in [0.2, 0.25) is 0 Å². The second-order valence-electron chi connectivity index (χ2n) is 4.70. The highest BCUT2D eigenvalue weighted by Crippen LogP contribution is 2.35. The first-order valence-electron chi connectivity index (χ1n) is 6.69. The molecule has 112 valence electrons. The first-order valence-corrected chi connectivity index (χ1v) is 6.69. The van der Waals surface area contributed by atoms with Crippen LogP contribution >= 0.6 is 0 Å². The quantitative estimate of drug-likeness (QED) is 0.732. The SMILES string of the molecule is Cc1nnc(-c2ccc(COc3ccc4c(c3)OCO4)o2)o1. The average molecular weight is 300 g/mol. The Bertz CT molecular complexity index is 808. The fraction of sp³-hybridized carbons (Fsp3) is 0.200. The van der Waals surface area contributed by atoms with Gasteiger partial charge in [-0.05, 0) is 24.3 Å². The van der Waals surface area contributed by atoms with Gasteiger partial charge in [0.1, 0.15) is 18.1 Å². The smallest absolute Gasteiger partial charge is 0.283 e. The molecule has 1 aliphatic heterocycles. The van der Waals surface area contributed by atoms with Crippen LogP contribution in [-0.2, 0) is 6.61 Å². The van der Waals surface area contributed by atoms with Gasteiger partial charge in [-0.1, -0.05) is 0 Å². The van der Waals surface area contributed by atoms with Crippen molar-refractivity contribution in [3.05, 3.63) is 42.0 Å². The summed E-state index contributed by atoms with van der Waals surface area (Å²) in [5.74, 6) is 4.10. The number of ether oxygens (including phenoxy) is 3. The van der Waals surface area contributed by atoms with E-state index in [9.17, 15) is 0 Å². The van der Waals surface area contributed by atoms with Crippen LogP contribution in [0, 0.1) is 6.92 Å². The molecule has 2 aromatic heterocycles. The third kappa shape index (κ3) is 2.37. The van der Waals surface area contributed by atoms with E-state index in [1.54, 1.807) is 19.1 Å². The Morgan fingerprint density at radius 1 is 1.05 bits per heavy atom. The largest absolute Gasteiger partial charge is 0.486 e. The minimum absolute atomic E-state index is 0.240. The molecule has 3 heterocycles. The molecule has 0 bridgehead atoms. The number of aromatic nitrogens is 2. The highest BCUT2D eigenvalue weighted by molar-refractivity contribution is 5.47. The maximum absolute atomic E-state index is 5.68. The van der Waals surface area contributed by atoms with Crippen LogP contribution in [0.4, 0.5) is 0 Å². The maximum Gasteiger partial charge on any atom is 0.283 e. The molecule has 0 N–H and O–H groups in total. The van der Waals surface area contributed by atoms with Gasteiger partial charge in [0.05, 0.1) is 0 Å². The molecule has 0 saturated heterocycles. The van der Waals surface area contributed by atoms with E-state index < -0.39 is 0 Å². The minimum atomic E-state index is 0.240. The Labute approximate surface area is 125 Å². The predicted octanol–water partition coefficient (Wildman–Crippen LogP) is 2.95. The molecule has 22 heavy (non-hydrogen) atoms. The normalized spacial score (nSPS) is 12.6. The van der Waals surface area contributed by atoms with Crippen molar-refractivity contribution in [2.45, 2.75) is 13.5 Å². The van der Waals surface area contributed by atoms with Crippen LogP contribution in [0.5, 0.6) is 17.2 Å². The summed E-state index contributed by atoms with van der Waals surface area (Å²) in [6.45, 7) is 2.25. The molecular formula is C15H12N2O5. The van der Waals surface area contributed by atoms with Crippen molar-refractivity contribution in [1.82, 2.24) is 10.2 Å². The monoisotopic (exact) mass is 300 g/mol. The molecule has 0 unspecified atom stereocenters. The van der Waals surface area contributed by atoms with E-state index in [-0.39, 0.29) is 13.4 Å². The fourth-order valence-corrected chi connectivity index (χ4v) is 2.09. The van der Waals surface area contributed by atoms with Gasteiger partial charge >= 0.3 is 0 Å². The van der Waals surface area contributed by atoms with Crippen molar-refractivity contribution in [2.75, 3.05) is 6.79 Å². The van der Waals surface area contributed by atoms with E-state index in [2.05, 4.69) is 10.2 Å². The molecule has 7 heteroatoms. The molecule has 1 aliphatic rings. The molecule has 3 aromatic rings. The Balaban J connectivity index is 1.45. The summed E-state index contributed by atoms with van der Waals surface area (Å²) in [6.07, 6.45) is 0. The highest BCUT2D eigenvalue weighted by Gasteiger charge is 2.15. The number of hydrogen-bond donors (Lipinski definition) is 0. The van der Waals surface area contributed by atoms with Crippen molar-refractivity contribution >= 4 is 0 Å². The van der Waals surface area contributed by atoms with Crippen LogP contribution in [0.3, 0.4) is 0 Å². The van der Waals surface area contributed by atoms with Gasteiger partial charge in [0.25, 0.3) is 5.89 Å². The van der Waals surface area contributed by atoms with Gasteiger partial charge in [-0.15, -0.1) is 10.2 Å². The summed E-state index contributed by atoms with van der Waals surface area (Å²) in [6, 6.07) is 8.99. The number of benzene rings is 1. The van der Waals surface area contributed by atoms with Crippen molar-refractivity contribution in [3.63, 3.8) is 0 Å². The Morgan fingerprint density at radius 2 is 1.95 bits per heavy atom. The molecule has 0 fully saturated rings. The van der Waals surface area contributed by atoms with Crippen molar-refractivity contribution in [1.29, 1.82) is 0 Å². The average Bonchev–Trinajstić information content (AvgIpc) is 3.24. The summed E-state index contributed by atoms with van der Waals surface area (Å²) in [4.78, 5) is 0. The third-order valence-corrected chi connectivity index (χ3v) is 3.12. The van der Waals surface area contributed by atoms with Gasteiger partial charge in [-0.2, -0.15) is 0 Å². The molecule has 7 nitrogen and oxygen atoms in total. The number of nitrogens with zero attached hydrogens (tertiary/aromatic N) is 2. The third-order valence-electron chi connectivity index (χ3n) is 3.12. The molecule has 0 amide bonds. The van der Waals surface area contributed by atoms with E-state index >= 15 is 0 Å². The number of hydrogen-bond acceptors (Lipinski definition) is 7. The fourth-order valence-electron chi connectivity index (χ4n) is 2.09. The summed E-state index contributed by atoms with van der Waals surface area (Å²) >= 11 is 0. The van der Waals surface area contributed by atoms with E-state index in [0.29, 0.717) is 34.8 Å². The van der Waals surface area contributed by atoms with Gasteiger partial charge in [-0.3, -0.25) is 0 Å². The summed E-state index contributed by atoms with van der Waals surface area (Å²) in [5.41, 5.74) is 0. The molecule has 0 radical (unpaired) electrons. The Morgan fingerprint density at radius 3 is 2.82 bits per heavy atom. The molecule has 0 aliphatic carbocycles. The zero-order valence-electron chi connectivity index (χ0n) is 11.7. The van der Waals surface area contributed by atoms with Gasteiger partial charge in [0, 0.05) is 13.0 Å². The lowest BCUT2D eigenvalue weighted by Gasteiger charge is -2.04. The van der Waals surface area contributed by atoms with Crippen LogP contribution < -0.4 is 14.2 Å². The number of fused-ring (bicyclic) bond motifs is 1. The van der Waals surface area contributed by atoms with Crippen molar-refractivity contribution < 1.29 is 23.0 Å². The second kappa shape index (κ2) is 5.10. The topological polar surface area (TPSA) is 79.8 Å². The van der Waals surface area contributed by atoms with E-state index in [1.807, 2.05) is 18.2 Å². The molecule has 0 spiro atoms. The van der Waals surface area contributed by atoms with Gasteiger partial charge < -0.3 is 23.0 Å². The number of aryl methyl sites for hydroxylation is 1. The van der Waals surface area contributed by atoms with Crippen LogP contribution in [-0.4, -0.2) is 17.0 Å². The molecule has 0 saturated carbocycles. The lowest BCUT2D eigenvalue weighted by atomic mass is 10.3. The number of furan rings is 1. The predicted molar refractivity (Wildman–Crippen MR) is 73.6 cm³/mol. The first-order chi connectivity index (χ1) is 10.8. The van der Waals surface area contributed by atoms with Gasteiger partial charge in [-0.25, -0.2) is 0 Å². The molecule has 4 rings (SSSR count). The summed E-state index contributed by atoms with van der Waals surface area (Å²) in [5, 5.41) is 7.67. The van der Waals surface area contributed by atoms with E-state index in [1.165, 1.54) is 0 Å². The minimum Gasteiger partial charge on any atom is -0.486 e. The van der Waals surface area contributed by atoms with Crippen LogP contribution in [0.1, 0.15) is 11.7 Å². The van der Waals surface area contributed by atoms with Crippen molar-refractivity contribution in [3.8, 4) is 28.9 Å². The second-order valence-corrected chi connectivity index (χ2v) is 4.70. The van der Waals surface area contributed by atoms with Crippen LogP contribution in [0.25, 0.3) is 11.7 Å². The summed E-state index contributed by atoms with van der Waals surface area (Å²) < 4.78 is 27.2. The Hall–Kier alpha value is -2.96. The highest BCUT2D eigenvalue weighted by atomic mass is 16.7. The lowest BCUT2D eigenvalue weighted by Crippen LogP contribution is -1.94. The van der Waals surface area contributed by atoms with E-state index in [0.717, 1.165) is 5.75 Å². The van der Waals surface area contributed by atoms with Crippen LogP contribution in [0.15, 0.2) is 39.2 Å².